The maximum absolute atomic E-state index is 12.8. The Balaban J connectivity index is 2.80. The van der Waals surface area contributed by atoms with Crippen molar-refractivity contribution >= 4 is 11.0 Å². The number of hydrogen-bond acceptors (Lipinski definition) is 1. The van der Waals surface area contributed by atoms with Crippen molar-refractivity contribution in [1.82, 2.24) is 9.55 Å². The van der Waals surface area contributed by atoms with E-state index in [1.807, 2.05) is 13.8 Å². The molecule has 1 aromatic heterocycles. The Labute approximate surface area is 97.1 Å². The minimum atomic E-state index is -4.41. The van der Waals surface area contributed by atoms with Gasteiger partial charge in [-0.1, -0.05) is 0 Å². The third-order valence-corrected chi connectivity index (χ3v) is 2.93. The van der Waals surface area contributed by atoms with E-state index in [-0.39, 0.29) is 6.54 Å². The molecule has 0 spiro atoms. The highest BCUT2D eigenvalue weighted by atomic mass is 19.4. The van der Waals surface area contributed by atoms with E-state index in [2.05, 4.69) is 4.98 Å². The van der Waals surface area contributed by atoms with Crippen molar-refractivity contribution in [1.29, 1.82) is 0 Å². The topological polar surface area (TPSA) is 17.8 Å². The van der Waals surface area contributed by atoms with Crippen LogP contribution in [0.5, 0.6) is 0 Å². The first-order valence-electron chi connectivity index (χ1n) is 5.39. The van der Waals surface area contributed by atoms with Crippen molar-refractivity contribution < 1.29 is 13.2 Å². The molecule has 1 aromatic carbocycles. The Morgan fingerprint density at radius 1 is 1.18 bits per heavy atom. The van der Waals surface area contributed by atoms with Gasteiger partial charge in [0.2, 0.25) is 5.82 Å². The number of hydrogen-bond donors (Lipinski definition) is 0. The Kier molecular flexibility index (Phi) is 2.64. The van der Waals surface area contributed by atoms with Crippen LogP contribution in [0.15, 0.2) is 12.1 Å². The summed E-state index contributed by atoms with van der Waals surface area (Å²) in [6.45, 7) is 5.70. The number of imidazole rings is 1. The SMILES string of the molecule is CCn1c(C(F)(F)F)nc2cc(C)c(C)cc21. The zero-order valence-corrected chi connectivity index (χ0v) is 9.89. The summed E-state index contributed by atoms with van der Waals surface area (Å²) in [6, 6.07) is 3.46. The molecule has 0 saturated heterocycles. The van der Waals surface area contributed by atoms with Gasteiger partial charge in [-0.25, -0.2) is 4.98 Å². The molecule has 0 aliphatic heterocycles. The van der Waals surface area contributed by atoms with Crippen LogP contribution in [-0.2, 0) is 12.7 Å². The molecule has 5 heteroatoms. The predicted octanol–water partition coefficient (Wildman–Crippen LogP) is 3.69. The van der Waals surface area contributed by atoms with Gasteiger partial charge in [-0.3, -0.25) is 0 Å². The van der Waals surface area contributed by atoms with Crippen molar-refractivity contribution in [3.05, 3.63) is 29.1 Å². The van der Waals surface area contributed by atoms with Gasteiger partial charge in [0.05, 0.1) is 11.0 Å². The van der Waals surface area contributed by atoms with Gasteiger partial charge < -0.3 is 4.57 Å². The van der Waals surface area contributed by atoms with Gasteiger partial charge in [0, 0.05) is 6.54 Å². The Morgan fingerprint density at radius 3 is 2.29 bits per heavy atom. The second kappa shape index (κ2) is 3.75. The number of halogens is 3. The Hall–Kier alpha value is -1.52. The summed E-state index contributed by atoms with van der Waals surface area (Å²) in [5.41, 5.74) is 2.87. The minimum absolute atomic E-state index is 0.258. The van der Waals surface area contributed by atoms with Crippen molar-refractivity contribution in [2.45, 2.75) is 33.5 Å². The van der Waals surface area contributed by atoms with Crippen LogP contribution in [0.1, 0.15) is 23.9 Å². The van der Waals surface area contributed by atoms with E-state index in [1.165, 1.54) is 4.57 Å². The number of benzene rings is 1. The number of aryl methyl sites for hydroxylation is 3. The fourth-order valence-electron chi connectivity index (χ4n) is 1.92. The van der Waals surface area contributed by atoms with E-state index in [9.17, 15) is 13.2 Å². The van der Waals surface area contributed by atoms with Crippen LogP contribution in [0.4, 0.5) is 13.2 Å². The molecule has 0 saturated carbocycles. The normalized spacial score (nSPS) is 12.4. The molecule has 17 heavy (non-hydrogen) atoms. The zero-order chi connectivity index (χ0) is 12.8. The molecule has 0 N–H and O–H groups in total. The van der Waals surface area contributed by atoms with Gasteiger partial charge in [0.15, 0.2) is 0 Å². The molecule has 0 aliphatic carbocycles. The summed E-state index contributed by atoms with van der Waals surface area (Å²) < 4.78 is 39.6. The fraction of sp³-hybridized carbons (Fsp3) is 0.417. The van der Waals surface area contributed by atoms with Crippen LogP contribution in [-0.4, -0.2) is 9.55 Å². The van der Waals surface area contributed by atoms with E-state index >= 15 is 0 Å². The zero-order valence-electron chi connectivity index (χ0n) is 9.89. The molecule has 0 radical (unpaired) electrons. The molecule has 0 amide bonds. The lowest BCUT2D eigenvalue weighted by Crippen LogP contribution is -2.14. The van der Waals surface area contributed by atoms with Crippen LogP contribution in [0.3, 0.4) is 0 Å². The second-order valence-corrected chi connectivity index (χ2v) is 4.10. The Bertz CT molecular complexity index is 567. The first-order valence-corrected chi connectivity index (χ1v) is 5.39. The molecule has 0 atom stereocenters. The average Bonchev–Trinajstić information content (AvgIpc) is 2.56. The van der Waals surface area contributed by atoms with Gasteiger partial charge in [0.1, 0.15) is 0 Å². The molecule has 0 bridgehead atoms. The summed E-state index contributed by atoms with van der Waals surface area (Å²) >= 11 is 0. The van der Waals surface area contributed by atoms with E-state index in [0.29, 0.717) is 11.0 Å². The lowest BCUT2D eigenvalue weighted by molar-refractivity contribution is -0.146. The molecule has 2 rings (SSSR count). The molecule has 2 nitrogen and oxygen atoms in total. The summed E-state index contributed by atoms with van der Waals surface area (Å²) in [4.78, 5) is 3.69. The summed E-state index contributed by atoms with van der Waals surface area (Å²) in [5.74, 6) is -0.819. The number of aromatic nitrogens is 2. The van der Waals surface area contributed by atoms with Crippen molar-refractivity contribution in [2.75, 3.05) is 0 Å². The molecule has 92 valence electrons. The van der Waals surface area contributed by atoms with E-state index in [0.717, 1.165) is 11.1 Å². The molecule has 0 fully saturated rings. The minimum Gasteiger partial charge on any atom is -0.321 e. The van der Waals surface area contributed by atoms with E-state index < -0.39 is 12.0 Å². The summed E-state index contributed by atoms with van der Waals surface area (Å²) in [5, 5.41) is 0. The molecule has 0 aliphatic rings. The molecule has 1 heterocycles. The monoisotopic (exact) mass is 242 g/mol. The second-order valence-electron chi connectivity index (χ2n) is 4.10. The number of rotatable bonds is 1. The number of fused-ring (bicyclic) bond motifs is 1. The standard InChI is InChI=1S/C12H13F3N2/c1-4-17-10-6-8(3)7(2)5-9(10)16-11(17)12(13,14)15/h5-6H,4H2,1-3H3. The maximum Gasteiger partial charge on any atom is 0.449 e. The van der Waals surface area contributed by atoms with Crippen molar-refractivity contribution in [3.63, 3.8) is 0 Å². The van der Waals surface area contributed by atoms with Crippen LogP contribution in [0.25, 0.3) is 11.0 Å². The van der Waals surface area contributed by atoms with Crippen LogP contribution in [0, 0.1) is 13.8 Å². The molecular formula is C12H13F3N2. The predicted molar refractivity (Wildman–Crippen MR) is 59.9 cm³/mol. The molecule has 2 aromatic rings. The maximum atomic E-state index is 12.8. The third-order valence-electron chi connectivity index (χ3n) is 2.93. The smallest absolute Gasteiger partial charge is 0.321 e. The van der Waals surface area contributed by atoms with E-state index in [1.54, 1.807) is 19.1 Å². The largest absolute Gasteiger partial charge is 0.449 e. The fourth-order valence-corrected chi connectivity index (χ4v) is 1.92. The highest BCUT2D eigenvalue weighted by Gasteiger charge is 2.37. The van der Waals surface area contributed by atoms with Crippen LogP contribution in [0.2, 0.25) is 0 Å². The van der Waals surface area contributed by atoms with Gasteiger partial charge in [-0.2, -0.15) is 13.2 Å². The first-order chi connectivity index (χ1) is 7.84. The number of nitrogens with zero attached hydrogens (tertiary/aromatic N) is 2. The van der Waals surface area contributed by atoms with Gasteiger partial charge in [0.25, 0.3) is 0 Å². The Morgan fingerprint density at radius 2 is 1.76 bits per heavy atom. The van der Waals surface area contributed by atoms with Crippen molar-refractivity contribution in [3.8, 4) is 0 Å². The summed E-state index contributed by atoms with van der Waals surface area (Å²) in [7, 11) is 0. The quantitative estimate of drug-likeness (QED) is 0.745. The first kappa shape index (κ1) is 12.0. The van der Waals surface area contributed by atoms with Crippen LogP contribution >= 0.6 is 0 Å². The van der Waals surface area contributed by atoms with Gasteiger partial charge in [-0.15, -0.1) is 0 Å². The molecular weight excluding hydrogens is 229 g/mol. The van der Waals surface area contributed by atoms with Crippen molar-refractivity contribution in [2.24, 2.45) is 0 Å². The van der Waals surface area contributed by atoms with Crippen LogP contribution < -0.4 is 0 Å². The highest BCUT2D eigenvalue weighted by molar-refractivity contribution is 5.78. The molecule has 0 unspecified atom stereocenters. The van der Waals surface area contributed by atoms with Gasteiger partial charge >= 0.3 is 6.18 Å². The number of alkyl halides is 3. The lowest BCUT2D eigenvalue weighted by atomic mass is 10.1. The highest BCUT2D eigenvalue weighted by Crippen LogP contribution is 2.32. The van der Waals surface area contributed by atoms with E-state index in [4.69, 9.17) is 0 Å². The lowest BCUT2D eigenvalue weighted by Gasteiger charge is -2.08. The average molecular weight is 242 g/mol. The third kappa shape index (κ3) is 1.90. The summed E-state index contributed by atoms with van der Waals surface area (Å²) in [6.07, 6.45) is -4.41. The van der Waals surface area contributed by atoms with Gasteiger partial charge in [-0.05, 0) is 44.0 Å².